The van der Waals surface area contributed by atoms with Gasteiger partial charge in [0.1, 0.15) is 12.7 Å². The molecule has 0 amide bonds. The number of halogens is 2. The molecule has 2 aromatic rings. The average Bonchev–Trinajstić information content (AvgIpc) is 2.65. The molecular formula is C18H19Cl2N3O4. The van der Waals surface area contributed by atoms with Crippen LogP contribution in [0.2, 0.25) is 10.0 Å². The first-order chi connectivity index (χ1) is 13.0. The van der Waals surface area contributed by atoms with Crippen LogP contribution in [0.25, 0.3) is 0 Å². The maximum absolute atomic E-state index is 10.8. The molecule has 1 aliphatic rings. The molecule has 0 atom stereocenters. The highest BCUT2D eigenvalue weighted by Crippen LogP contribution is 2.27. The normalized spacial score (nSPS) is 15.5. The van der Waals surface area contributed by atoms with Gasteiger partial charge in [-0.15, -0.1) is 0 Å². The van der Waals surface area contributed by atoms with Crippen LogP contribution in [-0.2, 0) is 11.4 Å². The molecule has 1 aromatic carbocycles. The molecule has 0 bridgehead atoms. The molecule has 1 N–H and O–H groups in total. The lowest BCUT2D eigenvalue weighted by atomic mass is 10.1. The van der Waals surface area contributed by atoms with E-state index < -0.39 is 5.97 Å². The second-order valence-corrected chi connectivity index (χ2v) is 7.01. The second kappa shape index (κ2) is 9.21. The van der Waals surface area contributed by atoms with Crippen LogP contribution in [0.15, 0.2) is 30.6 Å². The fourth-order valence-corrected chi connectivity index (χ4v) is 3.13. The van der Waals surface area contributed by atoms with Crippen LogP contribution in [0.5, 0.6) is 11.8 Å². The maximum Gasteiger partial charge on any atom is 0.317 e. The van der Waals surface area contributed by atoms with Crippen LogP contribution in [0.4, 0.5) is 0 Å². The van der Waals surface area contributed by atoms with E-state index in [1.807, 2.05) is 11.0 Å². The second-order valence-electron chi connectivity index (χ2n) is 6.19. The van der Waals surface area contributed by atoms with Crippen molar-refractivity contribution in [2.24, 2.45) is 0 Å². The van der Waals surface area contributed by atoms with Crippen molar-refractivity contribution in [2.75, 3.05) is 19.6 Å². The van der Waals surface area contributed by atoms with Crippen molar-refractivity contribution in [3.63, 3.8) is 0 Å². The van der Waals surface area contributed by atoms with E-state index in [2.05, 4.69) is 9.97 Å². The van der Waals surface area contributed by atoms with Crippen molar-refractivity contribution in [1.29, 1.82) is 0 Å². The summed E-state index contributed by atoms with van der Waals surface area (Å²) < 4.78 is 11.7. The molecule has 27 heavy (non-hydrogen) atoms. The zero-order valence-electron chi connectivity index (χ0n) is 14.5. The van der Waals surface area contributed by atoms with E-state index in [0.29, 0.717) is 34.9 Å². The van der Waals surface area contributed by atoms with E-state index in [-0.39, 0.29) is 19.3 Å². The quantitative estimate of drug-likeness (QED) is 0.747. The highest BCUT2D eigenvalue weighted by atomic mass is 35.5. The molecule has 0 spiro atoms. The molecule has 1 saturated heterocycles. The first kappa shape index (κ1) is 19.7. The van der Waals surface area contributed by atoms with Crippen molar-refractivity contribution in [3.8, 4) is 11.8 Å². The smallest absolute Gasteiger partial charge is 0.317 e. The summed E-state index contributed by atoms with van der Waals surface area (Å²) in [6, 6.07) is 5.27. The maximum atomic E-state index is 10.8. The predicted molar refractivity (Wildman–Crippen MR) is 101 cm³/mol. The zero-order valence-corrected chi connectivity index (χ0v) is 16.0. The SMILES string of the molecule is O=C(O)CN1CCC(Oc2nccnc2OCc2ccc(Cl)c(Cl)c2)CC1. The van der Waals surface area contributed by atoms with Gasteiger partial charge in [-0.05, 0) is 30.5 Å². The number of benzene rings is 1. The minimum Gasteiger partial charge on any atom is -0.480 e. The monoisotopic (exact) mass is 411 g/mol. The summed E-state index contributed by atoms with van der Waals surface area (Å²) in [7, 11) is 0. The van der Waals surface area contributed by atoms with Crippen molar-refractivity contribution >= 4 is 29.2 Å². The number of aromatic nitrogens is 2. The fourth-order valence-electron chi connectivity index (χ4n) is 2.81. The van der Waals surface area contributed by atoms with E-state index in [1.165, 1.54) is 6.20 Å². The van der Waals surface area contributed by atoms with Crippen molar-refractivity contribution < 1.29 is 19.4 Å². The van der Waals surface area contributed by atoms with Crippen LogP contribution in [0, 0.1) is 0 Å². The molecular weight excluding hydrogens is 393 g/mol. The number of likely N-dealkylation sites (tertiary alicyclic amines) is 1. The van der Waals surface area contributed by atoms with E-state index in [9.17, 15) is 4.79 Å². The molecule has 0 unspecified atom stereocenters. The topological polar surface area (TPSA) is 84.8 Å². The molecule has 1 aromatic heterocycles. The number of piperidine rings is 1. The standard InChI is InChI=1S/C18H19Cl2N3O4/c19-14-2-1-12(9-15(14)20)11-26-17-18(22-6-5-21-17)27-13-3-7-23(8-4-13)10-16(24)25/h1-2,5-6,9,13H,3-4,7-8,10-11H2,(H,24,25). The predicted octanol–water partition coefficient (Wildman–Crippen LogP) is 3.29. The van der Waals surface area contributed by atoms with Gasteiger partial charge in [0.15, 0.2) is 0 Å². The Morgan fingerprint density at radius 1 is 1.15 bits per heavy atom. The van der Waals surface area contributed by atoms with Gasteiger partial charge in [0.25, 0.3) is 11.8 Å². The van der Waals surface area contributed by atoms with E-state index in [0.717, 1.165) is 18.4 Å². The average molecular weight is 412 g/mol. The third-order valence-electron chi connectivity index (χ3n) is 4.16. The van der Waals surface area contributed by atoms with E-state index >= 15 is 0 Å². The van der Waals surface area contributed by atoms with Gasteiger partial charge < -0.3 is 14.6 Å². The van der Waals surface area contributed by atoms with Gasteiger partial charge in [0.05, 0.1) is 16.6 Å². The van der Waals surface area contributed by atoms with Crippen molar-refractivity contribution in [1.82, 2.24) is 14.9 Å². The van der Waals surface area contributed by atoms with Crippen LogP contribution < -0.4 is 9.47 Å². The zero-order chi connectivity index (χ0) is 19.2. The van der Waals surface area contributed by atoms with Crippen LogP contribution in [-0.4, -0.2) is 51.7 Å². The molecule has 144 valence electrons. The van der Waals surface area contributed by atoms with Crippen molar-refractivity contribution in [2.45, 2.75) is 25.6 Å². The third-order valence-corrected chi connectivity index (χ3v) is 4.90. The summed E-state index contributed by atoms with van der Waals surface area (Å²) in [4.78, 5) is 21.1. The number of hydrogen-bond acceptors (Lipinski definition) is 6. The number of nitrogens with zero attached hydrogens (tertiary/aromatic N) is 3. The Bertz CT molecular complexity index is 798. The number of carboxylic acids is 1. The molecule has 7 nitrogen and oxygen atoms in total. The number of carboxylic acid groups (broad SMARTS) is 1. The Morgan fingerprint density at radius 3 is 2.52 bits per heavy atom. The third kappa shape index (κ3) is 5.69. The molecule has 0 aliphatic carbocycles. The Kier molecular flexibility index (Phi) is 6.71. The lowest BCUT2D eigenvalue weighted by Gasteiger charge is -2.30. The Morgan fingerprint density at radius 2 is 1.85 bits per heavy atom. The molecule has 2 heterocycles. The number of ether oxygens (including phenoxy) is 2. The summed E-state index contributed by atoms with van der Waals surface area (Å²) >= 11 is 11.9. The molecule has 0 saturated carbocycles. The van der Waals surface area contributed by atoms with E-state index in [1.54, 1.807) is 18.3 Å². The molecule has 1 fully saturated rings. The fraction of sp³-hybridized carbons (Fsp3) is 0.389. The summed E-state index contributed by atoms with van der Waals surface area (Å²) in [5.41, 5.74) is 0.850. The number of carbonyl (C=O) groups is 1. The first-order valence-corrected chi connectivity index (χ1v) is 9.25. The largest absolute Gasteiger partial charge is 0.480 e. The number of rotatable bonds is 7. The van der Waals surface area contributed by atoms with Gasteiger partial charge in [0.2, 0.25) is 0 Å². The highest BCUT2D eigenvalue weighted by molar-refractivity contribution is 6.42. The van der Waals surface area contributed by atoms with Crippen LogP contribution >= 0.6 is 23.2 Å². The number of aliphatic carboxylic acids is 1. The summed E-state index contributed by atoms with van der Waals surface area (Å²) in [5, 5.41) is 9.81. The lowest BCUT2D eigenvalue weighted by Crippen LogP contribution is -2.40. The molecule has 0 radical (unpaired) electrons. The Labute approximate surface area is 166 Å². The summed E-state index contributed by atoms with van der Waals surface area (Å²) in [6.07, 6.45) is 4.46. The Hall–Kier alpha value is -2.09. The van der Waals surface area contributed by atoms with Gasteiger partial charge >= 0.3 is 5.97 Å². The molecule has 1 aliphatic heterocycles. The highest BCUT2D eigenvalue weighted by Gasteiger charge is 2.23. The summed E-state index contributed by atoms with van der Waals surface area (Å²) in [6.45, 7) is 1.63. The number of hydrogen-bond donors (Lipinski definition) is 1. The summed E-state index contributed by atoms with van der Waals surface area (Å²) in [5.74, 6) is -0.188. The van der Waals surface area contributed by atoms with E-state index in [4.69, 9.17) is 37.8 Å². The van der Waals surface area contributed by atoms with Gasteiger partial charge in [-0.1, -0.05) is 29.3 Å². The molecule has 9 heteroatoms. The minimum absolute atomic E-state index is 0.0515. The van der Waals surface area contributed by atoms with Crippen LogP contribution in [0.3, 0.4) is 0 Å². The minimum atomic E-state index is -0.818. The van der Waals surface area contributed by atoms with Crippen LogP contribution in [0.1, 0.15) is 18.4 Å². The van der Waals surface area contributed by atoms with Gasteiger partial charge in [-0.25, -0.2) is 9.97 Å². The van der Waals surface area contributed by atoms with Gasteiger partial charge in [-0.3, -0.25) is 9.69 Å². The first-order valence-electron chi connectivity index (χ1n) is 8.50. The molecule has 3 rings (SSSR count). The Balaban J connectivity index is 1.57. The van der Waals surface area contributed by atoms with Crippen molar-refractivity contribution in [3.05, 3.63) is 46.2 Å². The van der Waals surface area contributed by atoms with Gasteiger partial charge in [0, 0.05) is 25.5 Å². The van der Waals surface area contributed by atoms with Gasteiger partial charge in [-0.2, -0.15) is 0 Å². The lowest BCUT2D eigenvalue weighted by molar-refractivity contribution is -0.138.